The van der Waals surface area contributed by atoms with Crippen LogP contribution in [0.4, 0.5) is 5.69 Å². The fourth-order valence-electron chi connectivity index (χ4n) is 2.29. The number of nitrogens with zero attached hydrogens (tertiary/aromatic N) is 1. The number of benzene rings is 1. The van der Waals surface area contributed by atoms with Crippen molar-refractivity contribution in [2.24, 2.45) is 5.73 Å². The third-order valence-electron chi connectivity index (χ3n) is 3.99. The molecule has 0 bridgehead atoms. The summed E-state index contributed by atoms with van der Waals surface area (Å²) in [5.74, 6) is 0. The Morgan fingerprint density at radius 1 is 1.33 bits per heavy atom. The SMILES string of the molecule is CCC(N)Cc1ccc(N(C)C(C)c2cccs2)cc1Cl. The van der Waals surface area contributed by atoms with E-state index in [9.17, 15) is 0 Å². The first kappa shape index (κ1) is 16.3. The molecule has 114 valence electrons. The number of anilines is 1. The molecule has 2 rings (SSSR count). The van der Waals surface area contributed by atoms with Crippen molar-refractivity contribution in [1.29, 1.82) is 0 Å². The Morgan fingerprint density at radius 3 is 2.67 bits per heavy atom. The van der Waals surface area contributed by atoms with Gasteiger partial charge in [0.2, 0.25) is 0 Å². The minimum Gasteiger partial charge on any atom is -0.367 e. The number of halogens is 1. The second-order valence-corrected chi connectivity index (χ2v) is 6.84. The molecule has 1 aromatic heterocycles. The van der Waals surface area contributed by atoms with Crippen LogP contribution in [0, 0.1) is 0 Å². The van der Waals surface area contributed by atoms with Gasteiger partial charge in [0.05, 0.1) is 6.04 Å². The van der Waals surface area contributed by atoms with Gasteiger partial charge in [-0.15, -0.1) is 11.3 Å². The molecule has 2 N–H and O–H groups in total. The molecule has 4 heteroatoms. The zero-order valence-electron chi connectivity index (χ0n) is 12.8. The van der Waals surface area contributed by atoms with Gasteiger partial charge >= 0.3 is 0 Å². The van der Waals surface area contributed by atoms with Gasteiger partial charge in [0.15, 0.2) is 0 Å². The van der Waals surface area contributed by atoms with Crippen LogP contribution >= 0.6 is 22.9 Å². The molecule has 2 unspecified atom stereocenters. The smallest absolute Gasteiger partial charge is 0.0603 e. The van der Waals surface area contributed by atoms with Crippen molar-refractivity contribution in [2.45, 2.75) is 38.8 Å². The van der Waals surface area contributed by atoms with E-state index >= 15 is 0 Å². The van der Waals surface area contributed by atoms with E-state index in [-0.39, 0.29) is 6.04 Å². The van der Waals surface area contributed by atoms with E-state index in [2.05, 4.69) is 55.4 Å². The van der Waals surface area contributed by atoms with Crippen LogP contribution in [-0.4, -0.2) is 13.1 Å². The Balaban J connectivity index is 2.15. The molecule has 21 heavy (non-hydrogen) atoms. The maximum Gasteiger partial charge on any atom is 0.0603 e. The Kier molecular flexibility index (Phi) is 5.68. The molecule has 1 heterocycles. The fraction of sp³-hybridized carbons (Fsp3) is 0.412. The molecule has 0 aliphatic carbocycles. The van der Waals surface area contributed by atoms with Gasteiger partial charge in [-0.2, -0.15) is 0 Å². The number of thiophene rings is 1. The monoisotopic (exact) mass is 322 g/mol. The minimum absolute atomic E-state index is 0.177. The van der Waals surface area contributed by atoms with Crippen molar-refractivity contribution in [2.75, 3.05) is 11.9 Å². The average molecular weight is 323 g/mol. The standard InChI is InChI=1S/C17H23ClN2S/c1-4-14(19)10-13-7-8-15(11-16(13)18)20(3)12(2)17-6-5-9-21-17/h5-9,11-12,14H,4,10,19H2,1-3H3. The first-order valence-electron chi connectivity index (χ1n) is 7.33. The van der Waals surface area contributed by atoms with E-state index in [1.807, 2.05) is 6.07 Å². The number of hydrogen-bond acceptors (Lipinski definition) is 3. The largest absolute Gasteiger partial charge is 0.367 e. The maximum absolute atomic E-state index is 6.42. The third kappa shape index (κ3) is 4.00. The van der Waals surface area contributed by atoms with Crippen LogP contribution in [0.15, 0.2) is 35.7 Å². The quantitative estimate of drug-likeness (QED) is 0.821. The van der Waals surface area contributed by atoms with E-state index in [1.165, 1.54) is 4.88 Å². The molecular formula is C17H23ClN2S. The van der Waals surface area contributed by atoms with Gasteiger partial charge in [0.1, 0.15) is 0 Å². The summed E-state index contributed by atoms with van der Waals surface area (Å²) in [6.45, 7) is 4.31. The topological polar surface area (TPSA) is 29.3 Å². The maximum atomic E-state index is 6.42. The van der Waals surface area contributed by atoms with Crippen molar-refractivity contribution in [3.8, 4) is 0 Å². The lowest BCUT2D eigenvalue weighted by Gasteiger charge is -2.27. The van der Waals surface area contributed by atoms with E-state index in [0.29, 0.717) is 6.04 Å². The van der Waals surface area contributed by atoms with Crippen LogP contribution in [0.3, 0.4) is 0 Å². The first-order chi connectivity index (χ1) is 10.0. The zero-order valence-corrected chi connectivity index (χ0v) is 14.4. The summed E-state index contributed by atoms with van der Waals surface area (Å²) in [5.41, 5.74) is 8.28. The highest BCUT2D eigenvalue weighted by Crippen LogP contribution is 2.31. The Labute approximate surface area is 136 Å². The van der Waals surface area contributed by atoms with E-state index in [0.717, 1.165) is 29.1 Å². The van der Waals surface area contributed by atoms with Gasteiger partial charge in [-0.25, -0.2) is 0 Å². The lowest BCUT2D eigenvalue weighted by atomic mass is 10.0. The van der Waals surface area contributed by atoms with Gasteiger partial charge in [-0.05, 0) is 48.9 Å². The fourth-order valence-corrected chi connectivity index (χ4v) is 3.37. The van der Waals surface area contributed by atoms with Crippen LogP contribution in [-0.2, 0) is 6.42 Å². The third-order valence-corrected chi connectivity index (χ3v) is 5.38. The number of nitrogens with two attached hydrogens (primary N) is 1. The summed E-state index contributed by atoms with van der Waals surface area (Å²) >= 11 is 8.21. The van der Waals surface area contributed by atoms with Crippen molar-refractivity contribution in [3.63, 3.8) is 0 Å². The van der Waals surface area contributed by atoms with Crippen LogP contribution in [0.25, 0.3) is 0 Å². The molecule has 0 radical (unpaired) electrons. The summed E-state index contributed by atoms with van der Waals surface area (Å²) in [7, 11) is 2.10. The molecule has 0 amide bonds. The van der Waals surface area contributed by atoms with Crippen LogP contribution in [0.5, 0.6) is 0 Å². The van der Waals surface area contributed by atoms with E-state index < -0.39 is 0 Å². The van der Waals surface area contributed by atoms with Crippen molar-refractivity contribution >= 4 is 28.6 Å². The molecule has 0 aliphatic heterocycles. The molecule has 2 atom stereocenters. The Bertz CT molecular complexity index is 568. The van der Waals surface area contributed by atoms with Gasteiger partial charge in [-0.1, -0.05) is 30.7 Å². The highest BCUT2D eigenvalue weighted by atomic mass is 35.5. The lowest BCUT2D eigenvalue weighted by Crippen LogP contribution is -2.22. The molecule has 0 saturated heterocycles. The Hall–Kier alpha value is -1.03. The second kappa shape index (κ2) is 7.30. The van der Waals surface area contributed by atoms with Crippen LogP contribution in [0.1, 0.15) is 36.8 Å². The van der Waals surface area contributed by atoms with Gasteiger partial charge in [0.25, 0.3) is 0 Å². The average Bonchev–Trinajstić information content (AvgIpc) is 3.01. The molecule has 0 spiro atoms. The molecule has 1 aromatic carbocycles. The summed E-state index contributed by atoms with van der Waals surface area (Å²) < 4.78 is 0. The second-order valence-electron chi connectivity index (χ2n) is 5.45. The van der Waals surface area contributed by atoms with Crippen molar-refractivity contribution in [1.82, 2.24) is 0 Å². The minimum atomic E-state index is 0.177. The first-order valence-corrected chi connectivity index (χ1v) is 8.59. The summed E-state index contributed by atoms with van der Waals surface area (Å²) in [4.78, 5) is 3.60. The highest BCUT2D eigenvalue weighted by Gasteiger charge is 2.15. The number of hydrogen-bond donors (Lipinski definition) is 1. The predicted molar refractivity (Wildman–Crippen MR) is 94.6 cm³/mol. The lowest BCUT2D eigenvalue weighted by molar-refractivity contribution is 0.646. The number of rotatable bonds is 6. The van der Waals surface area contributed by atoms with Crippen LogP contribution in [0.2, 0.25) is 5.02 Å². The molecular weight excluding hydrogens is 300 g/mol. The molecule has 0 aliphatic rings. The van der Waals surface area contributed by atoms with Crippen molar-refractivity contribution < 1.29 is 0 Å². The Morgan fingerprint density at radius 2 is 2.10 bits per heavy atom. The van der Waals surface area contributed by atoms with Gasteiger partial charge in [-0.3, -0.25) is 0 Å². The zero-order chi connectivity index (χ0) is 15.4. The molecule has 0 fully saturated rings. The summed E-state index contributed by atoms with van der Waals surface area (Å²) in [6, 6.07) is 11.1. The van der Waals surface area contributed by atoms with Crippen molar-refractivity contribution in [3.05, 3.63) is 51.2 Å². The van der Waals surface area contributed by atoms with Gasteiger partial charge in [0, 0.05) is 28.7 Å². The summed E-state index contributed by atoms with van der Waals surface area (Å²) in [6.07, 6.45) is 1.80. The normalized spacial score (nSPS) is 14.0. The summed E-state index contributed by atoms with van der Waals surface area (Å²) in [5, 5.41) is 2.92. The van der Waals surface area contributed by atoms with E-state index in [4.69, 9.17) is 17.3 Å². The molecule has 2 nitrogen and oxygen atoms in total. The molecule has 0 saturated carbocycles. The van der Waals surface area contributed by atoms with Gasteiger partial charge < -0.3 is 10.6 Å². The van der Waals surface area contributed by atoms with Crippen LogP contribution < -0.4 is 10.6 Å². The predicted octanol–water partition coefficient (Wildman–Crippen LogP) is 4.88. The van der Waals surface area contributed by atoms with E-state index in [1.54, 1.807) is 11.3 Å². The highest BCUT2D eigenvalue weighted by molar-refractivity contribution is 7.10. The molecule has 2 aromatic rings.